The van der Waals surface area contributed by atoms with Crippen LogP contribution >= 0.6 is 0 Å². The molecule has 0 atom stereocenters. The lowest BCUT2D eigenvalue weighted by Crippen LogP contribution is -2.31. The normalized spacial score (nSPS) is 8.00. The number of likely N-dealkylation sites (N-methyl/N-ethyl adjacent to an activating group) is 1. The van der Waals surface area contributed by atoms with Crippen LogP contribution < -0.4 is 0 Å². The Hall–Kier alpha value is -1.26. The summed E-state index contributed by atoms with van der Waals surface area (Å²) >= 11 is 0. The van der Waals surface area contributed by atoms with E-state index in [9.17, 15) is 9.59 Å². The molecular formula is C8H17NO4. The van der Waals surface area contributed by atoms with Crippen molar-refractivity contribution in [3.8, 4) is 0 Å². The zero-order chi connectivity index (χ0) is 10.9. The van der Waals surface area contributed by atoms with Gasteiger partial charge in [-0.1, -0.05) is 20.3 Å². The molecule has 0 saturated heterocycles. The number of hydrogen-bond donors (Lipinski definition) is 1. The highest BCUT2D eigenvalue weighted by Crippen LogP contribution is 1.86. The minimum absolute atomic E-state index is 0.341. The molecule has 0 fully saturated rings. The smallest absolute Gasteiger partial charge is 0.409 e. The molecule has 5 heteroatoms. The number of ether oxygens (including phenoxy) is 1. The predicted octanol–water partition coefficient (Wildman–Crippen LogP) is 1.19. The number of amides is 1. The van der Waals surface area contributed by atoms with Gasteiger partial charge in [0.1, 0.15) is 6.54 Å². The van der Waals surface area contributed by atoms with E-state index >= 15 is 0 Å². The maximum absolute atomic E-state index is 10.5. The second kappa shape index (κ2) is 8.83. The molecule has 0 aliphatic carbocycles. The zero-order valence-corrected chi connectivity index (χ0v) is 8.53. The summed E-state index contributed by atoms with van der Waals surface area (Å²) in [4.78, 5) is 21.4. The van der Waals surface area contributed by atoms with Crippen LogP contribution in [0.4, 0.5) is 4.79 Å². The Balaban J connectivity index is 0. The minimum Gasteiger partial charge on any atom is -0.480 e. The van der Waals surface area contributed by atoms with Gasteiger partial charge in [0.25, 0.3) is 0 Å². The fraction of sp³-hybridized carbons (Fsp3) is 0.750. The third kappa shape index (κ3) is 10.7. The van der Waals surface area contributed by atoms with Crippen LogP contribution in [-0.2, 0) is 9.53 Å². The molecule has 0 aliphatic heterocycles. The quantitative estimate of drug-likeness (QED) is 0.711. The van der Waals surface area contributed by atoms with Crippen molar-refractivity contribution in [1.29, 1.82) is 0 Å². The van der Waals surface area contributed by atoms with E-state index in [1.807, 2.05) is 0 Å². The topological polar surface area (TPSA) is 66.8 Å². The summed E-state index contributed by atoms with van der Waals surface area (Å²) in [6.07, 6.45) is 0.599. The van der Waals surface area contributed by atoms with Crippen LogP contribution in [0.15, 0.2) is 0 Å². The van der Waals surface area contributed by atoms with Crippen LogP contribution in [-0.4, -0.2) is 42.8 Å². The summed E-state index contributed by atoms with van der Waals surface area (Å²) in [5.74, 6) is -1.06. The molecule has 13 heavy (non-hydrogen) atoms. The monoisotopic (exact) mass is 191 g/mol. The first kappa shape index (κ1) is 14.3. The second-order valence-electron chi connectivity index (χ2n) is 2.43. The van der Waals surface area contributed by atoms with Crippen molar-refractivity contribution in [2.75, 3.05) is 20.7 Å². The van der Waals surface area contributed by atoms with E-state index in [2.05, 4.69) is 18.6 Å². The molecule has 0 heterocycles. The maximum atomic E-state index is 10.5. The Bertz CT molecular complexity index is 158. The highest BCUT2D eigenvalue weighted by atomic mass is 16.5. The number of carbonyl (C=O) groups is 2. The van der Waals surface area contributed by atoms with Gasteiger partial charge in [0.05, 0.1) is 7.11 Å². The largest absolute Gasteiger partial charge is 0.480 e. The van der Waals surface area contributed by atoms with Gasteiger partial charge in [-0.2, -0.15) is 0 Å². The molecule has 1 amide bonds. The van der Waals surface area contributed by atoms with E-state index < -0.39 is 12.1 Å². The van der Waals surface area contributed by atoms with Gasteiger partial charge in [0.2, 0.25) is 0 Å². The van der Waals surface area contributed by atoms with Gasteiger partial charge in [-0.3, -0.25) is 4.79 Å². The number of carboxylic acids is 1. The van der Waals surface area contributed by atoms with Crippen molar-refractivity contribution in [2.45, 2.75) is 20.3 Å². The number of carboxylic acid groups (broad SMARTS) is 1. The number of rotatable bonds is 2. The third-order valence-corrected chi connectivity index (χ3v) is 0.859. The van der Waals surface area contributed by atoms with Gasteiger partial charge in [0, 0.05) is 7.05 Å². The van der Waals surface area contributed by atoms with E-state index in [0.29, 0.717) is 0 Å². The summed E-state index contributed by atoms with van der Waals surface area (Å²) in [5, 5.41) is 8.18. The average molecular weight is 191 g/mol. The molecule has 0 aromatic carbocycles. The fourth-order valence-electron chi connectivity index (χ4n) is 0.423. The number of carbonyl (C=O) groups excluding carboxylic acids is 1. The van der Waals surface area contributed by atoms with Crippen LogP contribution in [0, 0.1) is 0 Å². The predicted molar refractivity (Wildman–Crippen MR) is 48.6 cm³/mol. The molecule has 0 spiro atoms. The van der Waals surface area contributed by atoms with Gasteiger partial charge in [-0.05, 0) is 0 Å². The van der Waals surface area contributed by atoms with Crippen LogP contribution in [0.3, 0.4) is 0 Å². The van der Waals surface area contributed by atoms with Crippen LogP contribution in [0.25, 0.3) is 0 Å². The molecule has 0 aromatic rings. The Morgan fingerprint density at radius 1 is 1.38 bits per heavy atom. The van der Waals surface area contributed by atoms with Crippen molar-refractivity contribution < 1.29 is 19.4 Å². The first-order valence-electron chi connectivity index (χ1n) is 4.00. The summed E-state index contributed by atoms with van der Waals surface area (Å²) in [6.45, 7) is 3.91. The Kier molecular flexibility index (Phi) is 9.70. The number of methoxy groups -OCH3 is 1. The first-order valence-corrected chi connectivity index (χ1v) is 4.00. The van der Waals surface area contributed by atoms with Gasteiger partial charge in [-0.15, -0.1) is 0 Å². The standard InChI is InChI=1S/C5H9NO4.C3H8/c1-6(3-4(7)8)5(9)10-2;1-3-2/h3H2,1-2H3,(H,7,8);3H2,1-2H3. The van der Waals surface area contributed by atoms with E-state index in [-0.39, 0.29) is 6.54 Å². The summed E-state index contributed by atoms with van der Waals surface area (Å²) in [7, 11) is 2.54. The summed E-state index contributed by atoms with van der Waals surface area (Å²) in [6, 6.07) is 0. The van der Waals surface area contributed by atoms with Crippen LogP contribution in [0.1, 0.15) is 20.3 Å². The number of nitrogens with zero attached hydrogens (tertiary/aromatic N) is 1. The first-order chi connectivity index (χ1) is 5.99. The average Bonchev–Trinajstić information content (AvgIpc) is 2.03. The highest BCUT2D eigenvalue weighted by molar-refractivity contribution is 5.76. The molecule has 0 aliphatic rings. The Morgan fingerprint density at radius 3 is 2.00 bits per heavy atom. The summed E-state index contributed by atoms with van der Waals surface area (Å²) in [5.41, 5.74) is 0. The third-order valence-electron chi connectivity index (χ3n) is 0.859. The molecule has 0 aromatic heterocycles. The van der Waals surface area contributed by atoms with E-state index in [1.165, 1.54) is 20.6 Å². The maximum Gasteiger partial charge on any atom is 0.409 e. The lowest BCUT2D eigenvalue weighted by molar-refractivity contribution is -0.137. The molecule has 0 rings (SSSR count). The number of hydrogen-bond acceptors (Lipinski definition) is 3. The number of aliphatic carboxylic acids is 1. The van der Waals surface area contributed by atoms with Crippen molar-refractivity contribution >= 4 is 12.1 Å². The van der Waals surface area contributed by atoms with Crippen LogP contribution in [0.2, 0.25) is 0 Å². The van der Waals surface area contributed by atoms with Crippen molar-refractivity contribution in [3.63, 3.8) is 0 Å². The SMILES string of the molecule is CCC.COC(=O)N(C)CC(=O)O. The molecule has 0 unspecified atom stereocenters. The summed E-state index contributed by atoms with van der Waals surface area (Å²) < 4.78 is 4.24. The highest BCUT2D eigenvalue weighted by Gasteiger charge is 2.10. The van der Waals surface area contributed by atoms with Gasteiger partial charge < -0.3 is 14.7 Å². The Labute approximate surface area is 78.3 Å². The van der Waals surface area contributed by atoms with Gasteiger partial charge >= 0.3 is 12.1 Å². The van der Waals surface area contributed by atoms with Crippen molar-refractivity contribution in [3.05, 3.63) is 0 Å². The Morgan fingerprint density at radius 2 is 1.77 bits per heavy atom. The molecule has 78 valence electrons. The lowest BCUT2D eigenvalue weighted by atomic mass is 10.6. The molecule has 0 radical (unpaired) electrons. The van der Waals surface area contributed by atoms with Crippen molar-refractivity contribution in [1.82, 2.24) is 4.90 Å². The zero-order valence-electron chi connectivity index (χ0n) is 8.53. The van der Waals surface area contributed by atoms with E-state index in [0.717, 1.165) is 4.90 Å². The molecule has 5 nitrogen and oxygen atoms in total. The second-order valence-corrected chi connectivity index (χ2v) is 2.43. The fourth-order valence-corrected chi connectivity index (χ4v) is 0.423. The molecule has 0 saturated carbocycles. The molecule has 1 N–H and O–H groups in total. The van der Waals surface area contributed by atoms with Crippen LogP contribution in [0.5, 0.6) is 0 Å². The minimum atomic E-state index is -1.06. The van der Waals surface area contributed by atoms with Gasteiger partial charge in [-0.25, -0.2) is 4.79 Å². The molecule has 0 bridgehead atoms. The van der Waals surface area contributed by atoms with Gasteiger partial charge in [0.15, 0.2) is 0 Å². The van der Waals surface area contributed by atoms with Crippen molar-refractivity contribution in [2.24, 2.45) is 0 Å². The molecular weight excluding hydrogens is 174 g/mol. The van der Waals surface area contributed by atoms with E-state index in [1.54, 1.807) is 0 Å². The van der Waals surface area contributed by atoms with E-state index in [4.69, 9.17) is 5.11 Å². The lowest BCUT2D eigenvalue weighted by Gasteiger charge is -2.11.